The summed E-state index contributed by atoms with van der Waals surface area (Å²) in [5.74, 6) is -0.622. The molecule has 2 rings (SSSR count). The SMILES string of the molecule is Cc1ccc(-n2cc(C(C)C(=O)OC(C)(C)C)cn2)cc1Cl. The molecule has 22 heavy (non-hydrogen) atoms. The Balaban J connectivity index is 2.20. The smallest absolute Gasteiger partial charge is 0.313 e. The van der Waals surface area contributed by atoms with E-state index in [1.54, 1.807) is 10.9 Å². The molecule has 118 valence electrons. The van der Waals surface area contributed by atoms with Crippen LogP contribution in [0.5, 0.6) is 0 Å². The Bertz CT molecular complexity index is 686. The molecule has 1 aromatic heterocycles. The average Bonchev–Trinajstić information content (AvgIpc) is 2.88. The summed E-state index contributed by atoms with van der Waals surface area (Å²) in [7, 11) is 0. The van der Waals surface area contributed by atoms with Gasteiger partial charge in [-0.3, -0.25) is 4.79 Å². The first-order chi connectivity index (χ1) is 10.2. The van der Waals surface area contributed by atoms with E-state index < -0.39 is 5.60 Å². The van der Waals surface area contributed by atoms with Crippen molar-refractivity contribution in [3.63, 3.8) is 0 Å². The first kappa shape index (κ1) is 16.6. The third kappa shape index (κ3) is 3.89. The summed E-state index contributed by atoms with van der Waals surface area (Å²) < 4.78 is 7.12. The van der Waals surface area contributed by atoms with Gasteiger partial charge in [0, 0.05) is 16.8 Å². The number of hydrogen-bond acceptors (Lipinski definition) is 3. The van der Waals surface area contributed by atoms with E-state index in [-0.39, 0.29) is 11.9 Å². The Morgan fingerprint density at radius 3 is 2.64 bits per heavy atom. The van der Waals surface area contributed by atoms with Crippen molar-refractivity contribution in [2.45, 2.75) is 46.1 Å². The fourth-order valence-corrected chi connectivity index (χ4v) is 2.13. The largest absolute Gasteiger partial charge is 0.460 e. The number of nitrogens with zero attached hydrogens (tertiary/aromatic N) is 2. The van der Waals surface area contributed by atoms with Crippen LogP contribution in [0.25, 0.3) is 5.69 Å². The quantitative estimate of drug-likeness (QED) is 0.793. The van der Waals surface area contributed by atoms with Gasteiger partial charge in [0.1, 0.15) is 5.60 Å². The van der Waals surface area contributed by atoms with Crippen LogP contribution in [-0.4, -0.2) is 21.4 Å². The maximum Gasteiger partial charge on any atom is 0.313 e. The maximum absolute atomic E-state index is 12.1. The lowest BCUT2D eigenvalue weighted by molar-refractivity contribution is -0.156. The molecule has 0 N–H and O–H groups in total. The van der Waals surface area contributed by atoms with E-state index in [1.807, 2.05) is 59.0 Å². The van der Waals surface area contributed by atoms with Crippen LogP contribution in [0.2, 0.25) is 5.02 Å². The lowest BCUT2D eigenvalue weighted by atomic mass is 10.1. The highest BCUT2D eigenvalue weighted by Gasteiger charge is 2.24. The summed E-state index contributed by atoms with van der Waals surface area (Å²) in [6, 6.07) is 5.73. The van der Waals surface area contributed by atoms with Gasteiger partial charge < -0.3 is 4.74 Å². The highest BCUT2D eigenvalue weighted by Crippen LogP contribution is 2.23. The van der Waals surface area contributed by atoms with Crippen molar-refractivity contribution in [2.75, 3.05) is 0 Å². The minimum Gasteiger partial charge on any atom is -0.460 e. The molecule has 0 aliphatic heterocycles. The van der Waals surface area contributed by atoms with E-state index in [0.29, 0.717) is 5.02 Å². The van der Waals surface area contributed by atoms with Gasteiger partial charge in [0.2, 0.25) is 0 Å². The first-order valence-corrected chi connectivity index (χ1v) is 7.59. The summed E-state index contributed by atoms with van der Waals surface area (Å²) in [5.41, 5.74) is 2.19. The zero-order chi connectivity index (χ0) is 16.5. The molecule has 0 radical (unpaired) electrons. The van der Waals surface area contributed by atoms with Gasteiger partial charge in [0.05, 0.1) is 17.8 Å². The molecule has 5 heteroatoms. The number of esters is 1. The fraction of sp³-hybridized carbons (Fsp3) is 0.412. The number of aryl methyl sites for hydroxylation is 1. The summed E-state index contributed by atoms with van der Waals surface area (Å²) in [6.45, 7) is 9.34. The molecule has 0 fully saturated rings. The molecule has 1 unspecified atom stereocenters. The number of ether oxygens (including phenoxy) is 1. The molecule has 0 spiro atoms. The van der Waals surface area contributed by atoms with Gasteiger partial charge in [-0.25, -0.2) is 4.68 Å². The molecule has 0 aliphatic rings. The van der Waals surface area contributed by atoms with Gasteiger partial charge in [0.25, 0.3) is 0 Å². The lowest BCUT2D eigenvalue weighted by Crippen LogP contribution is -2.26. The van der Waals surface area contributed by atoms with Crippen molar-refractivity contribution < 1.29 is 9.53 Å². The molecule has 1 atom stereocenters. The Hall–Kier alpha value is -1.81. The second kappa shape index (κ2) is 6.13. The minimum absolute atomic E-state index is 0.256. The van der Waals surface area contributed by atoms with Crippen LogP contribution in [0.4, 0.5) is 0 Å². The minimum atomic E-state index is -0.494. The van der Waals surface area contributed by atoms with Crippen LogP contribution < -0.4 is 0 Å². The zero-order valence-electron chi connectivity index (χ0n) is 13.6. The number of benzene rings is 1. The van der Waals surface area contributed by atoms with E-state index in [0.717, 1.165) is 16.8 Å². The van der Waals surface area contributed by atoms with E-state index >= 15 is 0 Å². The van der Waals surface area contributed by atoms with Gasteiger partial charge in [0.15, 0.2) is 0 Å². The van der Waals surface area contributed by atoms with E-state index in [4.69, 9.17) is 16.3 Å². The third-order valence-corrected chi connectivity index (χ3v) is 3.69. The first-order valence-electron chi connectivity index (χ1n) is 7.21. The number of halogens is 1. The molecular formula is C17H21ClN2O2. The van der Waals surface area contributed by atoms with Crippen molar-refractivity contribution in [1.82, 2.24) is 9.78 Å². The van der Waals surface area contributed by atoms with Crippen molar-refractivity contribution in [1.29, 1.82) is 0 Å². The summed E-state index contributed by atoms with van der Waals surface area (Å²) in [4.78, 5) is 12.1. The predicted molar refractivity (Wildman–Crippen MR) is 87.6 cm³/mol. The average molecular weight is 321 g/mol. The monoisotopic (exact) mass is 320 g/mol. The second-order valence-electron chi connectivity index (χ2n) is 6.41. The molecular weight excluding hydrogens is 300 g/mol. The molecule has 0 aliphatic carbocycles. The van der Waals surface area contributed by atoms with Crippen LogP contribution in [0.3, 0.4) is 0 Å². The highest BCUT2D eigenvalue weighted by molar-refractivity contribution is 6.31. The van der Waals surface area contributed by atoms with Crippen LogP contribution >= 0.6 is 11.6 Å². The molecule has 0 saturated heterocycles. The molecule has 1 heterocycles. The van der Waals surface area contributed by atoms with Crippen molar-refractivity contribution >= 4 is 17.6 Å². The predicted octanol–water partition coefficient (Wildman–Crippen LogP) is 4.28. The van der Waals surface area contributed by atoms with E-state index in [9.17, 15) is 4.79 Å². The van der Waals surface area contributed by atoms with Crippen LogP contribution in [0.15, 0.2) is 30.6 Å². The molecule has 0 amide bonds. The van der Waals surface area contributed by atoms with Gasteiger partial charge >= 0.3 is 5.97 Å². The van der Waals surface area contributed by atoms with Gasteiger partial charge in [-0.1, -0.05) is 17.7 Å². The van der Waals surface area contributed by atoms with E-state index in [1.165, 1.54) is 0 Å². The normalized spacial score (nSPS) is 13.0. The zero-order valence-corrected chi connectivity index (χ0v) is 14.3. The Morgan fingerprint density at radius 2 is 2.05 bits per heavy atom. The summed E-state index contributed by atoms with van der Waals surface area (Å²) in [6.07, 6.45) is 3.51. The van der Waals surface area contributed by atoms with E-state index in [2.05, 4.69) is 5.10 Å². The van der Waals surface area contributed by atoms with Crippen LogP contribution in [0, 0.1) is 6.92 Å². The van der Waals surface area contributed by atoms with Gasteiger partial charge in [-0.05, 0) is 52.3 Å². The topological polar surface area (TPSA) is 44.1 Å². The number of aromatic nitrogens is 2. The second-order valence-corrected chi connectivity index (χ2v) is 6.81. The highest BCUT2D eigenvalue weighted by atomic mass is 35.5. The summed E-state index contributed by atoms with van der Waals surface area (Å²) in [5, 5.41) is 5.00. The Morgan fingerprint density at radius 1 is 1.36 bits per heavy atom. The van der Waals surface area contributed by atoms with Gasteiger partial charge in [-0.15, -0.1) is 0 Å². The number of rotatable bonds is 3. The number of hydrogen-bond donors (Lipinski definition) is 0. The Labute approximate surface area is 136 Å². The fourth-order valence-electron chi connectivity index (χ4n) is 1.95. The van der Waals surface area contributed by atoms with Crippen LogP contribution in [-0.2, 0) is 9.53 Å². The standard InChI is InChI=1S/C17H21ClN2O2/c1-11-6-7-14(8-15(11)18)20-10-13(9-19-20)12(2)16(21)22-17(3,4)5/h6-10,12H,1-5H3. The number of carbonyl (C=O) groups excluding carboxylic acids is 1. The molecule has 0 saturated carbocycles. The van der Waals surface area contributed by atoms with Crippen LogP contribution in [0.1, 0.15) is 44.7 Å². The van der Waals surface area contributed by atoms with Crippen molar-refractivity contribution in [3.05, 3.63) is 46.7 Å². The lowest BCUT2D eigenvalue weighted by Gasteiger charge is -2.21. The maximum atomic E-state index is 12.1. The molecule has 2 aromatic rings. The molecule has 0 bridgehead atoms. The molecule has 1 aromatic carbocycles. The summed E-state index contributed by atoms with van der Waals surface area (Å²) >= 11 is 6.14. The third-order valence-electron chi connectivity index (χ3n) is 3.28. The van der Waals surface area contributed by atoms with Crippen molar-refractivity contribution in [3.8, 4) is 5.69 Å². The van der Waals surface area contributed by atoms with Crippen molar-refractivity contribution in [2.24, 2.45) is 0 Å². The Kier molecular flexibility index (Phi) is 4.61. The molecule has 4 nitrogen and oxygen atoms in total. The number of carbonyl (C=O) groups is 1. The van der Waals surface area contributed by atoms with Gasteiger partial charge in [-0.2, -0.15) is 5.10 Å².